The predicted molar refractivity (Wildman–Crippen MR) is 66.9 cm³/mol. The van der Waals surface area contributed by atoms with Crippen molar-refractivity contribution in [2.75, 3.05) is 0 Å². The lowest BCUT2D eigenvalue weighted by atomic mass is 9.44. The first-order valence-corrected chi connectivity index (χ1v) is 7.12. The van der Waals surface area contributed by atoms with Crippen LogP contribution in [0, 0.1) is 17.3 Å². The highest BCUT2D eigenvalue weighted by Gasteiger charge is 2.60. The largest absolute Gasteiger partial charge is 0.326 e. The maximum atomic E-state index is 6.60. The summed E-state index contributed by atoms with van der Waals surface area (Å²) in [6.45, 7) is 2.28. The summed E-state index contributed by atoms with van der Waals surface area (Å²) in [5, 5.41) is 0. The van der Waals surface area contributed by atoms with Crippen molar-refractivity contribution in [3.05, 3.63) is 0 Å². The van der Waals surface area contributed by atoms with E-state index >= 15 is 0 Å². The molecule has 0 amide bonds. The van der Waals surface area contributed by atoms with E-state index in [4.69, 9.17) is 11.5 Å². The summed E-state index contributed by atoms with van der Waals surface area (Å²) in [6.07, 6.45) is 10.6. The van der Waals surface area contributed by atoms with Crippen LogP contribution < -0.4 is 11.5 Å². The molecule has 4 aliphatic rings. The zero-order valence-electron chi connectivity index (χ0n) is 10.5. The molecule has 16 heavy (non-hydrogen) atoms. The van der Waals surface area contributed by atoms with E-state index in [2.05, 4.69) is 6.92 Å². The third-order valence-corrected chi connectivity index (χ3v) is 5.70. The van der Waals surface area contributed by atoms with Gasteiger partial charge in [-0.15, -0.1) is 0 Å². The molecule has 4 fully saturated rings. The molecule has 4 aliphatic carbocycles. The summed E-state index contributed by atoms with van der Waals surface area (Å²) in [6, 6.07) is 0.277. The van der Waals surface area contributed by atoms with Crippen LogP contribution in [0.3, 0.4) is 0 Å². The molecule has 0 aromatic rings. The number of nitrogens with two attached hydrogens (primary N) is 2. The number of hydrogen-bond acceptors (Lipinski definition) is 2. The summed E-state index contributed by atoms with van der Waals surface area (Å²) in [7, 11) is 0. The molecule has 0 heterocycles. The summed E-state index contributed by atoms with van der Waals surface area (Å²) < 4.78 is 0. The lowest BCUT2D eigenvalue weighted by Gasteiger charge is -2.64. The molecule has 2 nitrogen and oxygen atoms in total. The van der Waals surface area contributed by atoms with E-state index < -0.39 is 0 Å². The number of unbranched alkanes of at least 4 members (excludes halogenated alkanes) is 1. The lowest BCUT2D eigenvalue weighted by Crippen LogP contribution is -2.72. The lowest BCUT2D eigenvalue weighted by molar-refractivity contribution is -0.0909. The van der Waals surface area contributed by atoms with Gasteiger partial charge in [0.25, 0.3) is 0 Å². The van der Waals surface area contributed by atoms with Crippen LogP contribution >= 0.6 is 0 Å². The fraction of sp³-hybridized carbons (Fsp3) is 1.00. The highest BCUT2D eigenvalue weighted by atomic mass is 14.9. The SMILES string of the molecule is CCCCC12CC3CC(CC(N)(C3)C1N)C2. The first-order valence-electron chi connectivity index (χ1n) is 7.12. The molecule has 0 saturated heterocycles. The average molecular weight is 222 g/mol. The van der Waals surface area contributed by atoms with Gasteiger partial charge in [0.05, 0.1) is 0 Å². The first kappa shape index (κ1) is 11.0. The smallest absolute Gasteiger partial charge is 0.0318 e. The van der Waals surface area contributed by atoms with E-state index in [-0.39, 0.29) is 11.6 Å². The van der Waals surface area contributed by atoms with Crippen molar-refractivity contribution in [1.29, 1.82) is 0 Å². The number of rotatable bonds is 3. The zero-order valence-corrected chi connectivity index (χ0v) is 10.5. The van der Waals surface area contributed by atoms with Gasteiger partial charge in [0.1, 0.15) is 0 Å². The van der Waals surface area contributed by atoms with Crippen molar-refractivity contribution in [2.24, 2.45) is 28.7 Å². The molecular formula is C14H26N2. The van der Waals surface area contributed by atoms with Crippen LogP contribution in [-0.4, -0.2) is 11.6 Å². The Morgan fingerprint density at radius 3 is 2.31 bits per heavy atom. The van der Waals surface area contributed by atoms with E-state index in [0.29, 0.717) is 5.41 Å². The second-order valence-electron chi connectivity index (χ2n) is 6.96. The van der Waals surface area contributed by atoms with Gasteiger partial charge in [-0.25, -0.2) is 0 Å². The van der Waals surface area contributed by atoms with Crippen LogP contribution in [0.1, 0.15) is 58.3 Å². The van der Waals surface area contributed by atoms with Crippen molar-refractivity contribution >= 4 is 0 Å². The minimum Gasteiger partial charge on any atom is -0.326 e. The monoisotopic (exact) mass is 222 g/mol. The second kappa shape index (κ2) is 3.46. The molecule has 4 bridgehead atoms. The summed E-state index contributed by atoms with van der Waals surface area (Å²) in [5.41, 5.74) is 13.6. The van der Waals surface area contributed by atoms with Crippen LogP contribution in [0.5, 0.6) is 0 Å². The number of hydrogen-bond donors (Lipinski definition) is 2. The van der Waals surface area contributed by atoms with E-state index in [1.54, 1.807) is 0 Å². The van der Waals surface area contributed by atoms with Gasteiger partial charge in [0.2, 0.25) is 0 Å². The normalized spacial score (nSPS) is 54.6. The van der Waals surface area contributed by atoms with Gasteiger partial charge in [0.15, 0.2) is 0 Å². The van der Waals surface area contributed by atoms with E-state index in [9.17, 15) is 0 Å². The van der Waals surface area contributed by atoms with Gasteiger partial charge in [-0.05, 0) is 55.8 Å². The molecule has 4 saturated carbocycles. The molecule has 3 atom stereocenters. The van der Waals surface area contributed by atoms with Gasteiger partial charge < -0.3 is 11.5 Å². The maximum Gasteiger partial charge on any atom is 0.0318 e. The van der Waals surface area contributed by atoms with Crippen molar-refractivity contribution in [3.63, 3.8) is 0 Å². The van der Waals surface area contributed by atoms with Crippen molar-refractivity contribution in [3.8, 4) is 0 Å². The van der Waals surface area contributed by atoms with Crippen molar-refractivity contribution in [2.45, 2.75) is 69.9 Å². The molecular weight excluding hydrogens is 196 g/mol. The molecule has 4 N–H and O–H groups in total. The second-order valence-corrected chi connectivity index (χ2v) is 6.96. The van der Waals surface area contributed by atoms with Crippen LogP contribution in [0.2, 0.25) is 0 Å². The highest BCUT2D eigenvalue weighted by molar-refractivity contribution is 5.17. The molecule has 3 unspecified atom stereocenters. The Kier molecular flexibility index (Phi) is 2.38. The zero-order chi connectivity index (χ0) is 11.4. The minimum absolute atomic E-state index is 0.00216. The molecule has 0 radical (unpaired) electrons. The van der Waals surface area contributed by atoms with Gasteiger partial charge >= 0.3 is 0 Å². The third kappa shape index (κ3) is 1.39. The van der Waals surface area contributed by atoms with Crippen LogP contribution in [0.4, 0.5) is 0 Å². The fourth-order valence-electron chi connectivity index (χ4n) is 5.35. The fourth-order valence-corrected chi connectivity index (χ4v) is 5.35. The van der Waals surface area contributed by atoms with Gasteiger partial charge in [-0.1, -0.05) is 19.8 Å². The molecule has 0 aliphatic heterocycles. The molecule has 0 spiro atoms. The van der Waals surface area contributed by atoms with Gasteiger partial charge in [-0.2, -0.15) is 0 Å². The Bertz CT molecular complexity index is 272. The Hall–Kier alpha value is -0.0800. The van der Waals surface area contributed by atoms with Crippen molar-refractivity contribution < 1.29 is 0 Å². The quantitative estimate of drug-likeness (QED) is 0.770. The van der Waals surface area contributed by atoms with Crippen LogP contribution in [0.15, 0.2) is 0 Å². The molecule has 0 aromatic heterocycles. The van der Waals surface area contributed by atoms with Gasteiger partial charge in [-0.3, -0.25) is 0 Å². The van der Waals surface area contributed by atoms with Crippen LogP contribution in [-0.2, 0) is 0 Å². The topological polar surface area (TPSA) is 52.0 Å². The van der Waals surface area contributed by atoms with E-state index in [0.717, 1.165) is 11.8 Å². The van der Waals surface area contributed by atoms with Gasteiger partial charge in [0, 0.05) is 11.6 Å². The highest BCUT2D eigenvalue weighted by Crippen LogP contribution is 2.61. The Morgan fingerprint density at radius 2 is 1.75 bits per heavy atom. The minimum atomic E-state index is -0.00216. The predicted octanol–water partition coefficient (Wildman–Crippen LogP) is 2.41. The van der Waals surface area contributed by atoms with E-state index in [1.165, 1.54) is 51.4 Å². The first-order chi connectivity index (χ1) is 7.58. The summed E-state index contributed by atoms with van der Waals surface area (Å²) in [4.78, 5) is 0. The van der Waals surface area contributed by atoms with Crippen LogP contribution in [0.25, 0.3) is 0 Å². The average Bonchev–Trinajstić information content (AvgIpc) is 2.22. The Labute approximate surface area is 99.1 Å². The molecule has 2 heteroatoms. The third-order valence-electron chi connectivity index (χ3n) is 5.70. The molecule has 4 rings (SSSR count). The Balaban J connectivity index is 1.88. The standard InChI is InChI=1S/C14H26N2/c1-2-3-4-13-6-10-5-11(7-13)9-14(16,8-10)12(13)15/h10-12H,2-9,15-16H2,1H3. The molecule has 0 aromatic carbocycles. The molecule has 92 valence electrons. The summed E-state index contributed by atoms with van der Waals surface area (Å²) >= 11 is 0. The van der Waals surface area contributed by atoms with E-state index in [1.807, 2.05) is 0 Å². The Morgan fingerprint density at radius 1 is 1.12 bits per heavy atom. The van der Waals surface area contributed by atoms with Crippen molar-refractivity contribution in [1.82, 2.24) is 0 Å². The maximum absolute atomic E-state index is 6.60. The summed E-state index contributed by atoms with van der Waals surface area (Å²) in [5.74, 6) is 1.79.